The predicted octanol–water partition coefficient (Wildman–Crippen LogP) is 2.27. The molecule has 0 saturated heterocycles. The predicted molar refractivity (Wildman–Crippen MR) is 84.0 cm³/mol. The molecule has 0 amide bonds. The topological polar surface area (TPSA) is 44.7 Å². The van der Waals surface area contributed by atoms with Gasteiger partial charge in [0.05, 0.1) is 10.0 Å². The molecule has 0 bridgehead atoms. The van der Waals surface area contributed by atoms with Gasteiger partial charge in [-0.2, -0.15) is 0 Å². The molecule has 0 aliphatic carbocycles. The molecule has 1 rings (SSSR count). The van der Waals surface area contributed by atoms with Crippen molar-refractivity contribution in [2.24, 2.45) is 0 Å². The molecule has 2 unspecified atom stereocenters. The molecular weight excluding hydrogens is 299 g/mol. The van der Waals surface area contributed by atoms with Gasteiger partial charge in [0, 0.05) is 25.2 Å². The Labute approximate surface area is 130 Å². The SMILES string of the molecule is CC(CN(C)C)NCC(O)COc1ccc(Cl)c(Cl)c1. The van der Waals surface area contributed by atoms with Crippen LogP contribution in [0.2, 0.25) is 10.0 Å². The van der Waals surface area contributed by atoms with Gasteiger partial charge < -0.3 is 20.1 Å². The van der Waals surface area contributed by atoms with Crippen molar-refractivity contribution in [1.82, 2.24) is 10.2 Å². The van der Waals surface area contributed by atoms with Crippen molar-refractivity contribution in [2.45, 2.75) is 19.1 Å². The molecule has 0 heterocycles. The van der Waals surface area contributed by atoms with Crippen molar-refractivity contribution >= 4 is 23.2 Å². The maximum absolute atomic E-state index is 9.86. The average Bonchev–Trinajstić information content (AvgIpc) is 2.37. The Morgan fingerprint density at radius 2 is 2.00 bits per heavy atom. The molecule has 4 nitrogen and oxygen atoms in total. The lowest BCUT2D eigenvalue weighted by Crippen LogP contribution is -2.41. The summed E-state index contributed by atoms with van der Waals surface area (Å²) < 4.78 is 5.47. The molecule has 2 atom stereocenters. The highest BCUT2D eigenvalue weighted by Crippen LogP contribution is 2.26. The first kappa shape index (κ1) is 17.5. The van der Waals surface area contributed by atoms with Gasteiger partial charge in [0.25, 0.3) is 0 Å². The third kappa shape index (κ3) is 6.77. The molecule has 0 fully saturated rings. The Morgan fingerprint density at radius 1 is 1.30 bits per heavy atom. The fourth-order valence-corrected chi connectivity index (χ4v) is 2.06. The molecule has 0 aliphatic rings. The Bertz CT molecular complexity index is 416. The van der Waals surface area contributed by atoms with Crippen LogP contribution in [0.1, 0.15) is 6.92 Å². The summed E-state index contributed by atoms with van der Waals surface area (Å²) in [6, 6.07) is 5.34. The zero-order chi connectivity index (χ0) is 15.1. The summed E-state index contributed by atoms with van der Waals surface area (Å²) in [6.07, 6.45) is -0.575. The lowest BCUT2D eigenvalue weighted by molar-refractivity contribution is 0.103. The first-order chi connectivity index (χ1) is 9.38. The van der Waals surface area contributed by atoms with Crippen LogP contribution in [0.3, 0.4) is 0 Å². The third-order valence-corrected chi connectivity index (χ3v) is 3.41. The van der Waals surface area contributed by atoms with E-state index < -0.39 is 6.10 Å². The number of likely N-dealkylation sites (N-methyl/N-ethyl adjacent to an activating group) is 1. The monoisotopic (exact) mass is 320 g/mol. The van der Waals surface area contributed by atoms with E-state index in [0.29, 0.717) is 28.4 Å². The van der Waals surface area contributed by atoms with Crippen LogP contribution < -0.4 is 10.1 Å². The zero-order valence-corrected chi connectivity index (χ0v) is 13.6. The summed E-state index contributed by atoms with van der Waals surface area (Å²) in [7, 11) is 4.03. The van der Waals surface area contributed by atoms with Crippen molar-refractivity contribution in [3.05, 3.63) is 28.2 Å². The second kappa shape index (κ2) is 8.70. The lowest BCUT2D eigenvalue weighted by atomic mass is 10.3. The number of aliphatic hydroxyl groups excluding tert-OH is 1. The first-order valence-electron chi connectivity index (χ1n) is 6.52. The Hall–Kier alpha value is -0.520. The van der Waals surface area contributed by atoms with Crippen LogP contribution in [0, 0.1) is 0 Å². The van der Waals surface area contributed by atoms with E-state index in [1.54, 1.807) is 18.2 Å². The van der Waals surface area contributed by atoms with Crippen molar-refractivity contribution in [3.63, 3.8) is 0 Å². The molecule has 0 aromatic heterocycles. The maximum Gasteiger partial charge on any atom is 0.121 e. The van der Waals surface area contributed by atoms with E-state index >= 15 is 0 Å². The van der Waals surface area contributed by atoms with Crippen molar-refractivity contribution < 1.29 is 9.84 Å². The number of benzene rings is 1. The van der Waals surface area contributed by atoms with E-state index in [0.717, 1.165) is 6.54 Å². The van der Waals surface area contributed by atoms with Gasteiger partial charge in [0.2, 0.25) is 0 Å². The number of ether oxygens (including phenoxy) is 1. The Balaban J connectivity index is 2.28. The van der Waals surface area contributed by atoms with Gasteiger partial charge in [-0.05, 0) is 33.2 Å². The highest BCUT2D eigenvalue weighted by Gasteiger charge is 2.09. The third-order valence-electron chi connectivity index (χ3n) is 2.67. The number of hydrogen-bond donors (Lipinski definition) is 2. The van der Waals surface area contributed by atoms with Gasteiger partial charge in [-0.25, -0.2) is 0 Å². The number of halogens is 2. The van der Waals surface area contributed by atoms with Crippen molar-refractivity contribution in [2.75, 3.05) is 33.8 Å². The van der Waals surface area contributed by atoms with Gasteiger partial charge in [-0.15, -0.1) is 0 Å². The molecule has 0 radical (unpaired) electrons. The molecule has 20 heavy (non-hydrogen) atoms. The molecule has 0 aliphatic heterocycles. The number of aliphatic hydroxyl groups is 1. The Morgan fingerprint density at radius 3 is 2.60 bits per heavy atom. The summed E-state index contributed by atoms with van der Waals surface area (Å²) in [5.41, 5.74) is 0. The molecule has 1 aromatic rings. The van der Waals surface area contributed by atoms with Crippen LogP contribution in [0.5, 0.6) is 5.75 Å². The van der Waals surface area contributed by atoms with E-state index in [4.69, 9.17) is 27.9 Å². The molecule has 1 aromatic carbocycles. The minimum absolute atomic E-state index is 0.208. The van der Waals surface area contributed by atoms with E-state index in [1.165, 1.54) is 0 Å². The summed E-state index contributed by atoms with van der Waals surface area (Å²) >= 11 is 11.7. The standard InChI is InChI=1S/C14H22Cl2N2O2/c1-10(8-18(2)3)17-7-11(19)9-20-12-4-5-13(15)14(16)6-12/h4-6,10-11,17,19H,7-9H2,1-3H3. The zero-order valence-electron chi connectivity index (χ0n) is 12.1. The van der Waals surface area contributed by atoms with E-state index in [2.05, 4.69) is 17.1 Å². The van der Waals surface area contributed by atoms with E-state index in [9.17, 15) is 5.11 Å². The lowest BCUT2D eigenvalue weighted by Gasteiger charge is -2.20. The summed E-state index contributed by atoms with van der Waals surface area (Å²) in [5, 5.41) is 14.0. The van der Waals surface area contributed by atoms with Gasteiger partial charge in [-0.3, -0.25) is 0 Å². The normalized spacial score (nSPS) is 14.3. The number of rotatable bonds is 8. The fraction of sp³-hybridized carbons (Fsp3) is 0.571. The first-order valence-corrected chi connectivity index (χ1v) is 7.28. The highest BCUT2D eigenvalue weighted by atomic mass is 35.5. The number of hydrogen-bond acceptors (Lipinski definition) is 4. The average molecular weight is 321 g/mol. The molecule has 114 valence electrons. The summed E-state index contributed by atoms with van der Waals surface area (Å²) in [6.45, 7) is 3.68. The van der Waals surface area contributed by atoms with Crippen molar-refractivity contribution in [3.8, 4) is 5.75 Å². The van der Waals surface area contributed by atoms with Crippen LogP contribution in [-0.2, 0) is 0 Å². The summed E-state index contributed by atoms with van der Waals surface area (Å²) in [4.78, 5) is 2.09. The highest BCUT2D eigenvalue weighted by molar-refractivity contribution is 6.42. The van der Waals surface area contributed by atoms with Crippen LogP contribution in [0.4, 0.5) is 0 Å². The molecule has 0 saturated carbocycles. The van der Waals surface area contributed by atoms with Gasteiger partial charge in [-0.1, -0.05) is 23.2 Å². The molecule has 2 N–H and O–H groups in total. The van der Waals surface area contributed by atoms with Crippen LogP contribution in [0.15, 0.2) is 18.2 Å². The number of nitrogens with zero attached hydrogens (tertiary/aromatic N) is 1. The van der Waals surface area contributed by atoms with Gasteiger partial charge in [0.1, 0.15) is 18.5 Å². The van der Waals surface area contributed by atoms with Gasteiger partial charge in [0.15, 0.2) is 0 Å². The largest absolute Gasteiger partial charge is 0.491 e. The molecule has 6 heteroatoms. The molecular formula is C14H22Cl2N2O2. The van der Waals surface area contributed by atoms with Crippen LogP contribution in [0.25, 0.3) is 0 Å². The van der Waals surface area contributed by atoms with Crippen LogP contribution in [-0.4, -0.2) is 55.9 Å². The van der Waals surface area contributed by atoms with Gasteiger partial charge >= 0.3 is 0 Å². The molecule has 0 spiro atoms. The van der Waals surface area contributed by atoms with E-state index in [-0.39, 0.29) is 6.61 Å². The second-order valence-corrected chi connectivity index (χ2v) is 5.93. The smallest absolute Gasteiger partial charge is 0.121 e. The van der Waals surface area contributed by atoms with E-state index in [1.807, 2.05) is 14.1 Å². The van der Waals surface area contributed by atoms with Crippen molar-refractivity contribution in [1.29, 1.82) is 0 Å². The Kier molecular flexibility index (Phi) is 7.62. The fourth-order valence-electron chi connectivity index (χ4n) is 1.77. The minimum Gasteiger partial charge on any atom is -0.491 e. The second-order valence-electron chi connectivity index (χ2n) is 5.11. The minimum atomic E-state index is -0.575. The summed E-state index contributed by atoms with van der Waals surface area (Å²) in [5.74, 6) is 0.597. The van der Waals surface area contributed by atoms with Crippen LogP contribution >= 0.6 is 23.2 Å². The number of nitrogens with one attached hydrogen (secondary N) is 1. The quantitative estimate of drug-likeness (QED) is 0.771. The maximum atomic E-state index is 9.86.